The first kappa shape index (κ1) is 17.3. The average molecular weight is 338 g/mol. The molecule has 2 N–H and O–H groups in total. The van der Waals surface area contributed by atoms with Gasteiger partial charge in [-0.1, -0.05) is 36.7 Å². The Kier molecular flexibility index (Phi) is 4.94. The first-order valence-electron chi connectivity index (χ1n) is 7.48. The summed E-state index contributed by atoms with van der Waals surface area (Å²) in [6.07, 6.45) is 0.767. The zero-order valence-electron chi connectivity index (χ0n) is 13.4. The molecule has 0 spiro atoms. The zero-order chi connectivity index (χ0) is 17.2. The summed E-state index contributed by atoms with van der Waals surface area (Å²) in [6, 6.07) is 6.20. The third-order valence-electron chi connectivity index (χ3n) is 4.01. The molecule has 23 heavy (non-hydrogen) atoms. The highest BCUT2D eigenvalue weighted by Crippen LogP contribution is 2.33. The Hall–Kier alpha value is -2.08. The fourth-order valence-electron chi connectivity index (χ4n) is 2.46. The number of urea groups is 1. The van der Waals surface area contributed by atoms with Crippen LogP contribution in [0, 0.1) is 0 Å². The monoisotopic (exact) mass is 337 g/mol. The van der Waals surface area contributed by atoms with Crippen LogP contribution in [-0.4, -0.2) is 35.3 Å². The molecular formula is C16H20ClN3O3. The van der Waals surface area contributed by atoms with E-state index in [1.54, 1.807) is 31.2 Å². The van der Waals surface area contributed by atoms with Crippen LogP contribution in [-0.2, 0) is 15.1 Å². The van der Waals surface area contributed by atoms with Gasteiger partial charge in [0.1, 0.15) is 12.1 Å². The van der Waals surface area contributed by atoms with Crippen LogP contribution in [0.1, 0.15) is 32.8 Å². The Morgan fingerprint density at radius 3 is 2.65 bits per heavy atom. The van der Waals surface area contributed by atoms with Crippen molar-refractivity contribution in [2.45, 2.75) is 38.8 Å². The molecule has 0 bridgehead atoms. The summed E-state index contributed by atoms with van der Waals surface area (Å²) in [5.74, 6) is -0.860. The molecule has 0 saturated carbocycles. The van der Waals surface area contributed by atoms with Crippen molar-refractivity contribution in [2.75, 3.05) is 6.54 Å². The molecule has 6 nitrogen and oxygen atoms in total. The van der Waals surface area contributed by atoms with E-state index in [1.165, 1.54) is 0 Å². The van der Waals surface area contributed by atoms with Gasteiger partial charge in [-0.25, -0.2) is 4.79 Å². The topological polar surface area (TPSA) is 78.5 Å². The summed E-state index contributed by atoms with van der Waals surface area (Å²) < 4.78 is 0. The number of rotatable bonds is 5. The minimum Gasteiger partial charge on any atom is -0.352 e. The number of nitrogens with one attached hydrogen (secondary N) is 2. The summed E-state index contributed by atoms with van der Waals surface area (Å²) in [4.78, 5) is 37.7. The van der Waals surface area contributed by atoms with Gasteiger partial charge in [-0.05, 0) is 26.3 Å². The van der Waals surface area contributed by atoms with Crippen molar-refractivity contribution in [3.05, 3.63) is 34.9 Å². The third kappa shape index (κ3) is 3.32. The molecule has 1 heterocycles. The second-order valence-corrected chi connectivity index (χ2v) is 6.21. The highest BCUT2D eigenvalue weighted by atomic mass is 35.5. The van der Waals surface area contributed by atoms with Gasteiger partial charge in [0.25, 0.3) is 5.91 Å². The molecule has 1 aliphatic rings. The van der Waals surface area contributed by atoms with E-state index in [0.717, 1.165) is 11.3 Å². The van der Waals surface area contributed by atoms with Crippen molar-refractivity contribution in [1.82, 2.24) is 15.5 Å². The predicted octanol–water partition coefficient (Wildman–Crippen LogP) is 2.02. The highest BCUT2D eigenvalue weighted by molar-refractivity contribution is 6.32. The van der Waals surface area contributed by atoms with Crippen molar-refractivity contribution in [3.8, 4) is 0 Å². The van der Waals surface area contributed by atoms with Gasteiger partial charge >= 0.3 is 6.03 Å². The molecule has 0 unspecified atom stereocenters. The summed E-state index contributed by atoms with van der Waals surface area (Å²) >= 11 is 6.15. The molecule has 0 aromatic heterocycles. The maximum atomic E-state index is 12.7. The predicted molar refractivity (Wildman–Crippen MR) is 86.9 cm³/mol. The van der Waals surface area contributed by atoms with Gasteiger partial charge in [-0.3, -0.25) is 14.5 Å². The van der Waals surface area contributed by atoms with E-state index in [9.17, 15) is 14.4 Å². The van der Waals surface area contributed by atoms with Crippen molar-refractivity contribution in [2.24, 2.45) is 0 Å². The Labute approximate surface area is 140 Å². The Bertz CT molecular complexity index is 649. The number of carbonyl (C=O) groups is 3. The number of nitrogens with zero attached hydrogens (tertiary/aromatic N) is 1. The van der Waals surface area contributed by atoms with Crippen molar-refractivity contribution >= 4 is 29.4 Å². The number of halogens is 1. The van der Waals surface area contributed by atoms with Gasteiger partial charge in [0, 0.05) is 16.6 Å². The SMILES string of the molecule is CC[C@H](C)NC(=O)CN1C(=O)N[C@](C)(c2ccccc2Cl)C1=O. The van der Waals surface area contributed by atoms with Crippen LogP contribution in [0.15, 0.2) is 24.3 Å². The minimum absolute atomic E-state index is 0.0155. The molecule has 2 atom stereocenters. The fraction of sp³-hybridized carbons (Fsp3) is 0.438. The molecule has 1 fully saturated rings. The van der Waals surface area contributed by atoms with Crippen molar-refractivity contribution in [3.63, 3.8) is 0 Å². The smallest absolute Gasteiger partial charge is 0.325 e. The molecule has 124 valence electrons. The van der Waals surface area contributed by atoms with Gasteiger partial charge in [0.2, 0.25) is 5.91 Å². The molecule has 0 radical (unpaired) electrons. The number of carbonyl (C=O) groups excluding carboxylic acids is 3. The number of hydrogen-bond acceptors (Lipinski definition) is 3. The van der Waals surface area contributed by atoms with Gasteiger partial charge < -0.3 is 10.6 Å². The highest BCUT2D eigenvalue weighted by Gasteiger charge is 2.50. The molecule has 2 rings (SSSR count). The lowest BCUT2D eigenvalue weighted by Gasteiger charge is -2.23. The van der Waals surface area contributed by atoms with Crippen LogP contribution >= 0.6 is 11.6 Å². The second kappa shape index (κ2) is 6.58. The number of amides is 4. The van der Waals surface area contributed by atoms with E-state index < -0.39 is 17.5 Å². The number of benzene rings is 1. The lowest BCUT2D eigenvalue weighted by Crippen LogP contribution is -2.44. The summed E-state index contributed by atoms with van der Waals surface area (Å²) in [6.45, 7) is 5.07. The number of hydrogen-bond donors (Lipinski definition) is 2. The fourth-order valence-corrected chi connectivity index (χ4v) is 2.78. The van der Waals surface area contributed by atoms with Crippen LogP contribution in [0.4, 0.5) is 4.79 Å². The molecule has 1 aromatic rings. The first-order valence-corrected chi connectivity index (χ1v) is 7.86. The zero-order valence-corrected chi connectivity index (χ0v) is 14.1. The van der Waals surface area contributed by atoms with E-state index >= 15 is 0 Å². The Morgan fingerprint density at radius 2 is 2.04 bits per heavy atom. The van der Waals surface area contributed by atoms with Gasteiger partial charge in [0.15, 0.2) is 0 Å². The summed E-state index contributed by atoms with van der Waals surface area (Å²) in [5, 5.41) is 5.75. The van der Waals surface area contributed by atoms with Crippen LogP contribution in [0.25, 0.3) is 0 Å². The average Bonchev–Trinajstić information content (AvgIpc) is 2.71. The minimum atomic E-state index is -1.27. The number of imide groups is 1. The molecule has 4 amide bonds. The lowest BCUT2D eigenvalue weighted by atomic mass is 9.92. The second-order valence-electron chi connectivity index (χ2n) is 5.80. The molecule has 7 heteroatoms. The summed E-state index contributed by atoms with van der Waals surface area (Å²) in [7, 11) is 0. The molecule has 1 saturated heterocycles. The van der Waals surface area contributed by atoms with E-state index in [4.69, 9.17) is 11.6 Å². The molecule has 1 aromatic carbocycles. The Morgan fingerprint density at radius 1 is 1.39 bits per heavy atom. The van der Waals surface area contributed by atoms with Gasteiger partial charge in [-0.2, -0.15) is 0 Å². The van der Waals surface area contributed by atoms with Crippen molar-refractivity contribution < 1.29 is 14.4 Å². The van der Waals surface area contributed by atoms with Crippen LogP contribution in [0.3, 0.4) is 0 Å². The van der Waals surface area contributed by atoms with Gasteiger partial charge in [0.05, 0.1) is 0 Å². The molecule has 0 aliphatic carbocycles. The van der Waals surface area contributed by atoms with Crippen LogP contribution in [0.2, 0.25) is 5.02 Å². The van der Waals surface area contributed by atoms with E-state index in [1.807, 2.05) is 13.8 Å². The largest absolute Gasteiger partial charge is 0.352 e. The molecule has 1 aliphatic heterocycles. The van der Waals surface area contributed by atoms with Gasteiger partial charge in [-0.15, -0.1) is 0 Å². The third-order valence-corrected chi connectivity index (χ3v) is 4.34. The van der Waals surface area contributed by atoms with Crippen molar-refractivity contribution in [1.29, 1.82) is 0 Å². The normalized spacial score (nSPS) is 22.0. The van der Waals surface area contributed by atoms with Crippen LogP contribution < -0.4 is 10.6 Å². The lowest BCUT2D eigenvalue weighted by molar-refractivity contribution is -0.135. The van der Waals surface area contributed by atoms with E-state index in [0.29, 0.717) is 10.6 Å². The summed E-state index contributed by atoms with van der Waals surface area (Å²) in [5.41, 5.74) is -0.767. The van der Waals surface area contributed by atoms with E-state index in [-0.39, 0.29) is 18.5 Å². The first-order chi connectivity index (χ1) is 10.8. The Balaban J connectivity index is 2.20. The maximum absolute atomic E-state index is 12.7. The van der Waals surface area contributed by atoms with Crippen LogP contribution in [0.5, 0.6) is 0 Å². The molecular weight excluding hydrogens is 318 g/mol. The standard InChI is InChI=1S/C16H20ClN3O3/c1-4-10(2)18-13(21)9-20-14(22)16(3,19-15(20)23)11-7-5-6-8-12(11)17/h5-8,10H,4,9H2,1-3H3,(H,18,21)(H,19,23)/t10-,16+/m0/s1. The van der Waals surface area contributed by atoms with E-state index in [2.05, 4.69) is 10.6 Å². The maximum Gasteiger partial charge on any atom is 0.325 e. The quantitative estimate of drug-likeness (QED) is 0.807.